The Hall–Kier alpha value is -3.03. The minimum Gasteiger partial charge on any atom is -0.331 e. The van der Waals surface area contributed by atoms with Gasteiger partial charge in [0.15, 0.2) is 0 Å². The number of fused-ring (bicyclic) bond motifs is 1. The number of nitrogens with one attached hydrogen (secondary N) is 2. The lowest BCUT2D eigenvalue weighted by Gasteiger charge is -2.11. The molecule has 0 saturated heterocycles. The van der Waals surface area contributed by atoms with Crippen LogP contribution in [0.15, 0.2) is 42.5 Å². The molecule has 0 unspecified atom stereocenters. The number of urea groups is 1. The maximum absolute atomic E-state index is 12.7. The normalized spacial score (nSPS) is 11.6. The molecule has 8 heteroatoms. The fourth-order valence-electron chi connectivity index (χ4n) is 2.46. The van der Waals surface area contributed by atoms with E-state index in [1.54, 1.807) is 12.1 Å². The van der Waals surface area contributed by atoms with Crippen LogP contribution in [-0.4, -0.2) is 15.6 Å². The van der Waals surface area contributed by atoms with Crippen molar-refractivity contribution in [2.45, 2.75) is 13.1 Å². The van der Waals surface area contributed by atoms with Crippen molar-refractivity contribution in [3.8, 4) is 0 Å². The molecule has 1 aromatic heterocycles. The van der Waals surface area contributed by atoms with Crippen molar-refractivity contribution in [2.75, 3.05) is 10.6 Å². The van der Waals surface area contributed by atoms with Crippen molar-refractivity contribution in [1.82, 2.24) is 9.55 Å². The Bertz CT molecular complexity index is 947. The Labute approximate surface area is 141 Å². The molecule has 5 nitrogen and oxygen atoms in total. The number of halogens is 3. The van der Waals surface area contributed by atoms with Crippen LogP contribution in [0.4, 0.5) is 29.3 Å². The predicted octanol–water partition coefficient (Wildman–Crippen LogP) is 4.54. The molecule has 0 fully saturated rings. The summed E-state index contributed by atoms with van der Waals surface area (Å²) in [6.45, 7) is 1.87. The van der Waals surface area contributed by atoms with E-state index in [0.717, 1.165) is 29.0 Å². The summed E-state index contributed by atoms with van der Waals surface area (Å²) < 4.78 is 40.0. The first-order chi connectivity index (χ1) is 11.7. The highest BCUT2D eigenvalue weighted by Gasteiger charge is 2.30. The predicted molar refractivity (Wildman–Crippen MR) is 89.5 cm³/mol. The Morgan fingerprint density at radius 2 is 1.76 bits per heavy atom. The Kier molecular flexibility index (Phi) is 4.12. The van der Waals surface area contributed by atoms with E-state index in [-0.39, 0.29) is 5.69 Å². The molecular weight excluding hydrogens is 333 g/mol. The molecule has 0 aliphatic rings. The fraction of sp³-hybridized carbons (Fsp3) is 0.176. The number of alkyl halides is 3. The van der Waals surface area contributed by atoms with Crippen LogP contribution >= 0.6 is 0 Å². The maximum Gasteiger partial charge on any atom is 0.416 e. The minimum atomic E-state index is -4.46. The molecule has 0 radical (unpaired) electrons. The number of carbonyl (C=O) groups excluding carboxylic acids is 1. The third kappa shape index (κ3) is 3.57. The van der Waals surface area contributed by atoms with Gasteiger partial charge in [-0.25, -0.2) is 9.78 Å². The summed E-state index contributed by atoms with van der Waals surface area (Å²) in [5.74, 6) is 0.834. The summed E-state index contributed by atoms with van der Waals surface area (Å²) in [6.07, 6.45) is -4.46. The van der Waals surface area contributed by atoms with E-state index in [0.29, 0.717) is 5.69 Å². The molecule has 130 valence electrons. The van der Waals surface area contributed by atoms with E-state index >= 15 is 0 Å². The van der Waals surface area contributed by atoms with Gasteiger partial charge < -0.3 is 15.2 Å². The highest BCUT2D eigenvalue weighted by Crippen LogP contribution is 2.30. The number of hydrogen-bond acceptors (Lipinski definition) is 2. The smallest absolute Gasteiger partial charge is 0.331 e. The SMILES string of the molecule is Cc1nc2cc(NC(=O)Nc3cccc(C(F)(F)F)c3)ccc2n1C. The zero-order chi connectivity index (χ0) is 18.2. The molecule has 0 bridgehead atoms. The van der Waals surface area contributed by atoms with Crippen molar-refractivity contribution < 1.29 is 18.0 Å². The van der Waals surface area contributed by atoms with Gasteiger partial charge in [-0.1, -0.05) is 6.07 Å². The molecule has 0 aliphatic carbocycles. The van der Waals surface area contributed by atoms with Crippen molar-refractivity contribution in [3.05, 3.63) is 53.9 Å². The van der Waals surface area contributed by atoms with Crippen LogP contribution in [0, 0.1) is 6.92 Å². The molecule has 2 aromatic carbocycles. The van der Waals surface area contributed by atoms with Crippen LogP contribution in [0.3, 0.4) is 0 Å². The Morgan fingerprint density at radius 1 is 1.08 bits per heavy atom. The van der Waals surface area contributed by atoms with Crippen LogP contribution in [0.2, 0.25) is 0 Å². The van der Waals surface area contributed by atoms with Gasteiger partial charge >= 0.3 is 12.2 Å². The molecule has 2 amide bonds. The second kappa shape index (κ2) is 6.12. The quantitative estimate of drug-likeness (QED) is 0.714. The van der Waals surface area contributed by atoms with E-state index in [9.17, 15) is 18.0 Å². The molecule has 1 heterocycles. The summed E-state index contributed by atoms with van der Waals surface area (Å²) in [6, 6.07) is 9.04. The largest absolute Gasteiger partial charge is 0.416 e. The van der Waals surface area contributed by atoms with E-state index in [2.05, 4.69) is 15.6 Å². The number of anilines is 2. The van der Waals surface area contributed by atoms with E-state index in [4.69, 9.17) is 0 Å². The summed E-state index contributed by atoms with van der Waals surface area (Å²) in [5.41, 5.74) is 1.37. The first-order valence-corrected chi connectivity index (χ1v) is 7.42. The van der Waals surface area contributed by atoms with E-state index < -0.39 is 17.8 Å². The van der Waals surface area contributed by atoms with E-state index in [1.807, 2.05) is 24.6 Å². The third-order valence-electron chi connectivity index (χ3n) is 3.81. The summed E-state index contributed by atoms with van der Waals surface area (Å²) in [7, 11) is 1.89. The van der Waals surface area contributed by atoms with Crippen LogP contribution in [0.25, 0.3) is 11.0 Å². The first kappa shape index (κ1) is 16.8. The van der Waals surface area contributed by atoms with Crippen molar-refractivity contribution in [2.24, 2.45) is 7.05 Å². The third-order valence-corrected chi connectivity index (χ3v) is 3.81. The number of amides is 2. The summed E-state index contributed by atoms with van der Waals surface area (Å²) in [4.78, 5) is 16.4. The number of aryl methyl sites for hydroxylation is 2. The van der Waals surface area contributed by atoms with Crippen LogP contribution in [0.5, 0.6) is 0 Å². The van der Waals surface area contributed by atoms with Crippen molar-refractivity contribution in [1.29, 1.82) is 0 Å². The van der Waals surface area contributed by atoms with Crippen molar-refractivity contribution in [3.63, 3.8) is 0 Å². The number of rotatable bonds is 2. The Morgan fingerprint density at radius 3 is 2.44 bits per heavy atom. The molecule has 0 spiro atoms. The molecule has 0 atom stereocenters. The molecule has 25 heavy (non-hydrogen) atoms. The van der Waals surface area contributed by atoms with Gasteiger partial charge in [0.1, 0.15) is 5.82 Å². The molecule has 3 rings (SSSR count). The molecule has 2 N–H and O–H groups in total. The van der Waals surface area contributed by atoms with Crippen molar-refractivity contribution >= 4 is 28.4 Å². The number of benzene rings is 2. The van der Waals surface area contributed by atoms with Gasteiger partial charge in [-0.2, -0.15) is 13.2 Å². The lowest BCUT2D eigenvalue weighted by Crippen LogP contribution is -2.19. The van der Waals surface area contributed by atoms with Gasteiger partial charge in [-0.05, 0) is 43.3 Å². The number of nitrogens with zero attached hydrogens (tertiary/aromatic N) is 2. The number of aromatic nitrogens is 2. The minimum absolute atomic E-state index is 0.0575. The fourth-order valence-corrected chi connectivity index (χ4v) is 2.46. The zero-order valence-electron chi connectivity index (χ0n) is 13.5. The number of hydrogen-bond donors (Lipinski definition) is 2. The van der Waals surface area contributed by atoms with Gasteiger partial charge in [0.2, 0.25) is 0 Å². The van der Waals surface area contributed by atoms with Gasteiger partial charge in [0.05, 0.1) is 16.6 Å². The molecular formula is C17H15F3N4O. The maximum atomic E-state index is 12.7. The lowest BCUT2D eigenvalue weighted by atomic mass is 10.2. The summed E-state index contributed by atoms with van der Waals surface area (Å²) in [5, 5.41) is 4.98. The highest BCUT2D eigenvalue weighted by molar-refractivity contribution is 6.00. The number of carbonyl (C=O) groups is 1. The second-order valence-electron chi connectivity index (χ2n) is 5.58. The topological polar surface area (TPSA) is 59.0 Å². The van der Waals surface area contributed by atoms with Gasteiger partial charge in [-0.15, -0.1) is 0 Å². The number of imidazole rings is 1. The monoisotopic (exact) mass is 348 g/mol. The van der Waals surface area contributed by atoms with Crippen LogP contribution in [-0.2, 0) is 13.2 Å². The van der Waals surface area contributed by atoms with Gasteiger partial charge in [0, 0.05) is 18.4 Å². The molecule has 0 saturated carbocycles. The standard InChI is InChI=1S/C17H15F3N4O/c1-10-21-14-9-13(6-7-15(14)24(10)2)23-16(25)22-12-5-3-4-11(8-12)17(18,19)20/h3-9H,1-2H3,(H2,22,23,25). The van der Waals surface area contributed by atoms with Crippen LogP contribution < -0.4 is 10.6 Å². The highest BCUT2D eigenvalue weighted by atomic mass is 19.4. The van der Waals surface area contributed by atoms with E-state index in [1.165, 1.54) is 12.1 Å². The average molecular weight is 348 g/mol. The molecule has 3 aromatic rings. The lowest BCUT2D eigenvalue weighted by molar-refractivity contribution is -0.137. The Balaban J connectivity index is 1.75. The van der Waals surface area contributed by atoms with Gasteiger partial charge in [-0.3, -0.25) is 0 Å². The van der Waals surface area contributed by atoms with Gasteiger partial charge in [0.25, 0.3) is 0 Å². The molecule has 0 aliphatic heterocycles. The van der Waals surface area contributed by atoms with Crippen LogP contribution in [0.1, 0.15) is 11.4 Å². The zero-order valence-corrected chi connectivity index (χ0v) is 13.5. The average Bonchev–Trinajstić information content (AvgIpc) is 2.81. The summed E-state index contributed by atoms with van der Waals surface area (Å²) >= 11 is 0. The second-order valence-corrected chi connectivity index (χ2v) is 5.58. The first-order valence-electron chi connectivity index (χ1n) is 7.42.